The molecule has 6 heteroatoms. The second kappa shape index (κ2) is 11.4. The van der Waals surface area contributed by atoms with Crippen molar-refractivity contribution in [2.75, 3.05) is 26.7 Å². The molecule has 1 unspecified atom stereocenters. The molecular weight excluding hydrogens is 460 g/mol. The van der Waals surface area contributed by atoms with Crippen molar-refractivity contribution in [3.63, 3.8) is 0 Å². The SMILES string of the molecule is CN(Cc1ccccc1)C(=O)CC1(COc2ccccc2)CCCN(C(=O)c2cccc(Cl)c2)C1. The number of ether oxygens (including phenoxy) is 1. The highest BCUT2D eigenvalue weighted by Gasteiger charge is 2.40. The van der Waals surface area contributed by atoms with E-state index in [4.69, 9.17) is 16.3 Å². The smallest absolute Gasteiger partial charge is 0.253 e. The Bertz CT molecular complexity index is 1140. The van der Waals surface area contributed by atoms with Crippen molar-refractivity contribution in [1.29, 1.82) is 0 Å². The fraction of sp³-hybridized carbons (Fsp3) is 0.310. The minimum absolute atomic E-state index is 0.0440. The largest absolute Gasteiger partial charge is 0.493 e. The molecule has 5 nitrogen and oxygen atoms in total. The van der Waals surface area contributed by atoms with E-state index in [9.17, 15) is 9.59 Å². The summed E-state index contributed by atoms with van der Waals surface area (Å²) in [6.07, 6.45) is 1.92. The van der Waals surface area contributed by atoms with Gasteiger partial charge in [0.1, 0.15) is 5.75 Å². The van der Waals surface area contributed by atoms with Gasteiger partial charge in [-0.25, -0.2) is 0 Å². The van der Waals surface area contributed by atoms with Gasteiger partial charge >= 0.3 is 0 Å². The first-order chi connectivity index (χ1) is 16.9. The van der Waals surface area contributed by atoms with E-state index in [1.165, 1.54) is 0 Å². The number of piperidine rings is 1. The third-order valence-corrected chi connectivity index (χ3v) is 6.76. The first-order valence-electron chi connectivity index (χ1n) is 11.9. The van der Waals surface area contributed by atoms with Gasteiger partial charge in [-0.15, -0.1) is 0 Å². The topological polar surface area (TPSA) is 49.9 Å². The number of nitrogens with zero attached hydrogens (tertiary/aromatic N) is 2. The van der Waals surface area contributed by atoms with Gasteiger partial charge in [-0.3, -0.25) is 9.59 Å². The predicted molar refractivity (Wildman–Crippen MR) is 138 cm³/mol. The number of likely N-dealkylation sites (tertiary alicyclic amines) is 1. The van der Waals surface area contributed by atoms with Crippen molar-refractivity contribution in [2.24, 2.45) is 5.41 Å². The summed E-state index contributed by atoms with van der Waals surface area (Å²) in [6, 6.07) is 26.6. The van der Waals surface area contributed by atoms with Gasteiger partial charge < -0.3 is 14.5 Å². The molecule has 0 bridgehead atoms. The first-order valence-corrected chi connectivity index (χ1v) is 12.3. The third kappa shape index (κ3) is 6.64. The highest BCUT2D eigenvalue weighted by atomic mass is 35.5. The lowest BCUT2D eigenvalue weighted by Gasteiger charge is -2.43. The summed E-state index contributed by atoms with van der Waals surface area (Å²) in [6.45, 7) is 2.00. The van der Waals surface area contributed by atoms with E-state index in [0.29, 0.717) is 43.2 Å². The zero-order valence-electron chi connectivity index (χ0n) is 20.0. The van der Waals surface area contributed by atoms with E-state index in [1.807, 2.05) is 72.6 Å². The number of hydrogen-bond acceptors (Lipinski definition) is 3. The Kier molecular flexibility index (Phi) is 8.09. The zero-order valence-corrected chi connectivity index (χ0v) is 20.8. The molecule has 0 aliphatic carbocycles. The van der Waals surface area contributed by atoms with Gasteiger partial charge in [0.25, 0.3) is 5.91 Å². The van der Waals surface area contributed by atoms with Crippen LogP contribution in [0.15, 0.2) is 84.9 Å². The van der Waals surface area contributed by atoms with Crippen LogP contribution >= 0.6 is 11.6 Å². The minimum atomic E-state index is -0.482. The number of rotatable bonds is 8. The maximum atomic E-state index is 13.4. The number of carbonyl (C=O) groups excluding carboxylic acids is 2. The Morgan fingerprint density at radius 1 is 1.00 bits per heavy atom. The Morgan fingerprint density at radius 2 is 1.71 bits per heavy atom. The number of amides is 2. The van der Waals surface area contributed by atoms with Crippen molar-refractivity contribution in [3.05, 3.63) is 101 Å². The molecule has 1 aliphatic rings. The molecule has 2 amide bonds. The summed E-state index contributed by atoms with van der Waals surface area (Å²) in [5.41, 5.74) is 1.16. The van der Waals surface area contributed by atoms with E-state index in [0.717, 1.165) is 24.2 Å². The molecule has 35 heavy (non-hydrogen) atoms. The summed E-state index contributed by atoms with van der Waals surface area (Å²) < 4.78 is 6.17. The van der Waals surface area contributed by atoms with Crippen molar-refractivity contribution < 1.29 is 14.3 Å². The number of halogens is 1. The number of hydrogen-bond donors (Lipinski definition) is 0. The van der Waals surface area contributed by atoms with Gasteiger partial charge in [-0.05, 0) is 48.7 Å². The van der Waals surface area contributed by atoms with Crippen LogP contribution < -0.4 is 4.74 Å². The molecule has 1 heterocycles. The van der Waals surface area contributed by atoms with Gasteiger partial charge in [-0.1, -0.05) is 66.2 Å². The molecule has 0 spiro atoms. The monoisotopic (exact) mass is 490 g/mol. The van der Waals surface area contributed by atoms with Crippen LogP contribution in [0.5, 0.6) is 5.75 Å². The highest BCUT2D eigenvalue weighted by molar-refractivity contribution is 6.30. The van der Waals surface area contributed by atoms with Crippen molar-refractivity contribution in [1.82, 2.24) is 9.80 Å². The maximum absolute atomic E-state index is 13.4. The van der Waals surface area contributed by atoms with Crippen molar-refractivity contribution in [2.45, 2.75) is 25.8 Å². The van der Waals surface area contributed by atoms with E-state index in [-0.39, 0.29) is 11.8 Å². The third-order valence-electron chi connectivity index (χ3n) is 6.52. The number of carbonyl (C=O) groups is 2. The van der Waals surface area contributed by atoms with Crippen LogP contribution in [-0.2, 0) is 11.3 Å². The second-order valence-corrected chi connectivity index (χ2v) is 9.79. The first kappa shape index (κ1) is 24.8. The van der Waals surface area contributed by atoms with E-state index in [2.05, 4.69) is 0 Å². The lowest BCUT2D eigenvalue weighted by Crippen LogP contribution is -2.50. The molecule has 0 saturated carbocycles. The van der Waals surface area contributed by atoms with E-state index >= 15 is 0 Å². The fourth-order valence-electron chi connectivity index (χ4n) is 4.65. The quantitative estimate of drug-likeness (QED) is 0.407. The van der Waals surface area contributed by atoms with Crippen LogP contribution in [0.1, 0.15) is 35.2 Å². The van der Waals surface area contributed by atoms with Crippen LogP contribution in [0.25, 0.3) is 0 Å². The summed E-state index contributed by atoms with van der Waals surface area (Å²) in [4.78, 5) is 30.3. The molecule has 1 atom stereocenters. The summed E-state index contributed by atoms with van der Waals surface area (Å²) in [5, 5.41) is 0.532. The molecule has 0 aromatic heterocycles. The summed E-state index contributed by atoms with van der Waals surface area (Å²) in [7, 11) is 1.83. The predicted octanol–water partition coefficient (Wildman–Crippen LogP) is 5.69. The molecular formula is C29H31ClN2O3. The highest BCUT2D eigenvalue weighted by Crippen LogP contribution is 2.36. The maximum Gasteiger partial charge on any atom is 0.253 e. The van der Waals surface area contributed by atoms with Crippen LogP contribution in [0, 0.1) is 5.41 Å². The summed E-state index contributed by atoms with van der Waals surface area (Å²) in [5.74, 6) is 0.735. The van der Waals surface area contributed by atoms with Crippen molar-refractivity contribution in [3.8, 4) is 5.75 Å². The molecule has 1 saturated heterocycles. The van der Waals surface area contributed by atoms with Crippen LogP contribution in [0.4, 0.5) is 0 Å². The van der Waals surface area contributed by atoms with Crippen molar-refractivity contribution >= 4 is 23.4 Å². The molecule has 0 N–H and O–H groups in total. The molecule has 1 aliphatic heterocycles. The standard InChI is InChI=1S/C29H31ClN2O3/c1-31(20-23-10-4-2-5-11-23)27(33)19-29(22-35-26-14-6-3-7-15-26)16-9-17-32(21-29)28(34)24-12-8-13-25(30)18-24/h2-8,10-15,18H,9,16-17,19-22H2,1H3. The summed E-state index contributed by atoms with van der Waals surface area (Å²) >= 11 is 6.13. The van der Waals surface area contributed by atoms with Crippen LogP contribution in [0.3, 0.4) is 0 Å². The second-order valence-electron chi connectivity index (χ2n) is 9.35. The number of para-hydroxylation sites is 1. The lowest BCUT2D eigenvalue weighted by molar-refractivity contribution is -0.134. The van der Waals surface area contributed by atoms with Gasteiger partial charge in [-0.2, -0.15) is 0 Å². The molecule has 182 valence electrons. The van der Waals surface area contributed by atoms with Gasteiger partial charge in [0, 0.05) is 49.1 Å². The van der Waals surface area contributed by atoms with Gasteiger partial charge in [0.2, 0.25) is 5.91 Å². The Hall–Kier alpha value is -3.31. The van der Waals surface area contributed by atoms with Gasteiger partial charge in [0.05, 0.1) is 6.61 Å². The molecule has 0 radical (unpaired) electrons. The van der Waals surface area contributed by atoms with E-state index in [1.54, 1.807) is 29.2 Å². The van der Waals surface area contributed by atoms with Crippen LogP contribution in [-0.4, -0.2) is 48.4 Å². The lowest BCUT2D eigenvalue weighted by atomic mass is 9.77. The zero-order chi connectivity index (χ0) is 24.7. The Morgan fingerprint density at radius 3 is 2.43 bits per heavy atom. The Labute approximate surface area is 212 Å². The molecule has 3 aromatic carbocycles. The molecule has 1 fully saturated rings. The minimum Gasteiger partial charge on any atom is -0.493 e. The van der Waals surface area contributed by atoms with Crippen LogP contribution in [0.2, 0.25) is 5.02 Å². The molecule has 3 aromatic rings. The Balaban J connectivity index is 1.52. The average molecular weight is 491 g/mol. The molecule has 4 rings (SSSR count). The van der Waals surface area contributed by atoms with Gasteiger partial charge in [0.15, 0.2) is 0 Å². The fourth-order valence-corrected chi connectivity index (χ4v) is 4.84. The normalized spacial score (nSPS) is 17.6. The number of benzene rings is 3. The van der Waals surface area contributed by atoms with E-state index < -0.39 is 5.41 Å². The average Bonchev–Trinajstić information content (AvgIpc) is 2.88.